The molecular formula is C28H30N4O6S2. The van der Waals surface area contributed by atoms with Gasteiger partial charge in [0.05, 0.1) is 42.0 Å². The fourth-order valence-corrected chi connectivity index (χ4v) is 6.71. The minimum Gasteiger partial charge on any atom is -0.493 e. The Kier molecular flexibility index (Phi) is 8.31. The van der Waals surface area contributed by atoms with Crippen molar-refractivity contribution < 1.29 is 27.4 Å². The van der Waals surface area contributed by atoms with Crippen LogP contribution >= 0.6 is 11.3 Å². The lowest BCUT2D eigenvalue weighted by Gasteiger charge is -2.21. The van der Waals surface area contributed by atoms with Crippen LogP contribution in [0.1, 0.15) is 28.8 Å². The first-order chi connectivity index (χ1) is 19.3. The lowest BCUT2D eigenvalue weighted by molar-refractivity contribution is 0.0978. The number of aromatic nitrogens is 2. The Bertz CT molecular complexity index is 1550. The Labute approximate surface area is 237 Å². The van der Waals surface area contributed by atoms with Crippen LogP contribution in [0.4, 0.5) is 5.13 Å². The van der Waals surface area contributed by atoms with Crippen LogP contribution in [0.2, 0.25) is 0 Å². The summed E-state index contributed by atoms with van der Waals surface area (Å²) < 4.78 is 44.8. The SMILES string of the molecule is COc1cc2nc(N(Cc3cccnc3)C(=O)c3ccc(S(=O)(=O)N(C)CC4CCCO4)cc3)sc2cc1OC. The molecule has 2 aromatic heterocycles. The van der Waals surface area contributed by atoms with Gasteiger partial charge in [-0.1, -0.05) is 17.4 Å². The number of ether oxygens (including phenoxy) is 3. The second-order valence-electron chi connectivity index (χ2n) is 9.37. The van der Waals surface area contributed by atoms with Crippen molar-refractivity contribution in [2.45, 2.75) is 30.4 Å². The van der Waals surface area contributed by atoms with E-state index in [0.717, 1.165) is 23.1 Å². The molecule has 0 saturated carbocycles. The van der Waals surface area contributed by atoms with Gasteiger partial charge < -0.3 is 14.2 Å². The van der Waals surface area contributed by atoms with Gasteiger partial charge in [0.25, 0.3) is 5.91 Å². The molecule has 1 fully saturated rings. The van der Waals surface area contributed by atoms with E-state index in [1.807, 2.05) is 12.1 Å². The van der Waals surface area contributed by atoms with E-state index in [0.29, 0.717) is 34.3 Å². The first-order valence-corrected chi connectivity index (χ1v) is 15.0. The number of carbonyl (C=O) groups is 1. The minimum absolute atomic E-state index is 0.101. The van der Waals surface area contributed by atoms with Crippen LogP contribution in [-0.4, -0.2) is 69.1 Å². The van der Waals surface area contributed by atoms with Crippen molar-refractivity contribution in [2.75, 3.05) is 39.3 Å². The van der Waals surface area contributed by atoms with Crippen molar-refractivity contribution in [3.8, 4) is 11.5 Å². The maximum absolute atomic E-state index is 13.8. The molecule has 0 aliphatic carbocycles. The number of amides is 1. The lowest BCUT2D eigenvalue weighted by Crippen LogP contribution is -2.34. The first-order valence-electron chi connectivity index (χ1n) is 12.7. The second-order valence-corrected chi connectivity index (χ2v) is 12.4. The van der Waals surface area contributed by atoms with E-state index in [-0.39, 0.29) is 30.0 Å². The van der Waals surface area contributed by atoms with Crippen LogP contribution in [0.3, 0.4) is 0 Å². The molecule has 0 bridgehead atoms. The van der Waals surface area contributed by atoms with Crippen LogP contribution in [0, 0.1) is 0 Å². The molecule has 3 heterocycles. The van der Waals surface area contributed by atoms with Crippen molar-refractivity contribution in [3.63, 3.8) is 0 Å². The predicted octanol–water partition coefficient (Wildman–Crippen LogP) is 4.36. The third kappa shape index (κ3) is 5.80. The zero-order valence-corrected chi connectivity index (χ0v) is 24.1. The highest BCUT2D eigenvalue weighted by Crippen LogP contribution is 2.38. The van der Waals surface area contributed by atoms with Gasteiger partial charge in [0.15, 0.2) is 16.6 Å². The van der Waals surface area contributed by atoms with Crippen molar-refractivity contribution in [3.05, 3.63) is 72.1 Å². The maximum Gasteiger partial charge on any atom is 0.260 e. The molecule has 0 N–H and O–H groups in total. The summed E-state index contributed by atoms with van der Waals surface area (Å²) in [4.78, 5) is 24.4. The molecule has 5 rings (SSSR count). The summed E-state index contributed by atoms with van der Waals surface area (Å²) in [7, 11) is 0.929. The summed E-state index contributed by atoms with van der Waals surface area (Å²) >= 11 is 1.35. The summed E-state index contributed by atoms with van der Waals surface area (Å²) in [5.74, 6) is 0.785. The average molecular weight is 583 g/mol. The summed E-state index contributed by atoms with van der Waals surface area (Å²) in [5.41, 5.74) is 1.82. The summed E-state index contributed by atoms with van der Waals surface area (Å²) in [6, 6.07) is 13.3. The van der Waals surface area contributed by atoms with Crippen molar-refractivity contribution in [1.82, 2.24) is 14.3 Å². The van der Waals surface area contributed by atoms with Crippen molar-refractivity contribution in [1.29, 1.82) is 0 Å². The predicted molar refractivity (Wildman–Crippen MR) is 153 cm³/mol. The minimum atomic E-state index is -3.73. The molecule has 12 heteroatoms. The number of benzene rings is 2. The van der Waals surface area contributed by atoms with E-state index < -0.39 is 10.0 Å². The molecule has 1 atom stereocenters. The van der Waals surface area contributed by atoms with Gasteiger partial charge in [-0.05, 0) is 48.7 Å². The normalized spacial score (nSPS) is 15.4. The van der Waals surface area contributed by atoms with Crippen molar-refractivity contribution >= 4 is 42.6 Å². The molecule has 10 nitrogen and oxygen atoms in total. The number of fused-ring (bicyclic) bond motifs is 1. The third-order valence-corrected chi connectivity index (χ3v) is 9.59. The molecule has 1 amide bonds. The van der Waals surface area contributed by atoms with Gasteiger partial charge >= 0.3 is 0 Å². The van der Waals surface area contributed by atoms with Gasteiger partial charge in [0.1, 0.15) is 0 Å². The number of methoxy groups -OCH3 is 2. The zero-order chi connectivity index (χ0) is 28.3. The third-order valence-electron chi connectivity index (χ3n) is 6.72. The molecule has 1 unspecified atom stereocenters. The average Bonchev–Trinajstić information content (AvgIpc) is 3.64. The number of thiazole rings is 1. The van der Waals surface area contributed by atoms with Gasteiger partial charge in [-0.3, -0.25) is 14.7 Å². The highest BCUT2D eigenvalue weighted by molar-refractivity contribution is 7.89. The van der Waals surface area contributed by atoms with Crippen LogP contribution < -0.4 is 14.4 Å². The molecule has 1 aliphatic heterocycles. The van der Waals surface area contributed by atoms with Gasteiger partial charge in [0, 0.05) is 50.3 Å². The summed E-state index contributed by atoms with van der Waals surface area (Å²) in [6.07, 6.45) is 5.03. The standard InChI is InChI=1S/C28H30N4O6S2/c1-31(18-21-7-5-13-38-21)40(34,35)22-10-8-20(9-11-22)27(33)32(17-19-6-4-12-29-16-19)28-30-23-14-24(36-2)25(37-3)15-26(23)39-28/h4,6,8-12,14-16,21H,5,7,13,17-18H2,1-3H3. The zero-order valence-electron chi connectivity index (χ0n) is 22.4. The first kappa shape index (κ1) is 28.0. The molecule has 40 heavy (non-hydrogen) atoms. The van der Waals surface area contributed by atoms with E-state index in [1.54, 1.807) is 50.7 Å². The number of hydrogen-bond donors (Lipinski definition) is 0. The molecule has 4 aromatic rings. The number of rotatable bonds is 10. The molecule has 0 radical (unpaired) electrons. The topological polar surface area (TPSA) is 111 Å². The fourth-order valence-electron chi connectivity index (χ4n) is 4.54. The van der Waals surface area contributed by atoms with E-state index in [2.05, 4.69) is 4.98 Å². The lowest BCUT2D eigenvalue weighted by atomic mass is 10.2. The summed E-state index contributed by atoms with van der Waals surface area (Å²) in [5, 5.41) is 0.479. The monoisotopic (exact) mass is 582 g/mol. The second kappa shape index (κ2) is 11.9. The Balaban J connectivity index is 1.45. The smallest absolute Gasteiger partial charge is 0.260 e. The number of likely N-dealkylation sites (N-methyl/N-ethyl adjacent to an activating group) is 1. The molecule has 2 aromatic carbocycles. The number of anilines is 1. The molecule has 0 spiro atoms. The van der Waals surface area contributed by atoms with E-state index in [4.69, 9.17) is 19.2 Å². The highest BCUT2D eigenvalue weighted by atomic mass is 32.2. The Morgan fingerprint density at radius 3 is 2.52 bits per heavy atom. The molecule has 210 valence electrons. The Morgan fingerprint density at radius 1 is 1.12 bits per heavy atom. The summed E-state index contributed by atoms with van der Waals surface area (Å²) in [6.45, 7) is 1.17. The quantitative estimate of drug-likeness (QED) is 0.271. The number of sulfonamides is 1. The van der Waals surface area contributed by atoms with Crippen LogP contribution in [0.25, 0.3) is 10.2 Å². The van der Waals surface area contributed by atoms with Crippen molar-refractivity contribution in [2.24, 2.45) is 0 Å². The fraction of sp³-hybridized carbons (Fsp3) is 0.321. The van der Waals surface area contributed by atoms with Gasteiger partial charge in [0.2, 0.25) is 10.0 Å². The van der Waals surface area contributed by atoms with E-state index in [9.17, 15) is 13.2 Å². The number of nitrogens with zero attached hydrogens (tertiary/aromatic N) is 4. The Hall–Kier alpha value is -3.58. The molecular weight excluding hydrogens is 552 g/mol. The largest absolute Gasteiger partial charge is 0.493 e. The van der Waals surface area contributed by atoms with E-state index in [1.165, 1.54) is 39.9 Å². The van der Waals surface area contributed by atoms with Gasteiger partial charge in [-0.25, -0.2) is 13.4 Å². The van der Waals surface area contributed by atoms with Crippen LogP contribution in [0.5, 0.6) is 11.5 Å². The number of carbonyl (C=O) groups excluding carboxylic acids is 1. The van der Waals surface area contributed by atoms with Crippen LogP contribution in [-0.2, 0) is 21.3 Å². The Morgan fingerprint density at radius 2 is 1.88 bits per heavy atom. The number of hydrogen-bond acceptors (Lipinski definition) is 9. The number of pyridine rings is 1. The van der Waals surface area contributed by atoms with Gasteiger partial charge in [-0.15, -0.1) is 0 Å². The van der Waals surface area contributed by atoms with Gasteiger partial charge in [-0.2, -0.15) is 4.31 Å². The highest BCUT2D eigenvalue weighted by Gasteiger charge is 2.27. The maximum atomic E-state index is 13.8. The molecule has 1 aliphatic rings. The van der Waals surface area contributed by atoms with E-state index >= 15 is 0 Å². The molecule has 1 saturated heterocycles. The van der Waals surface area contributed by atoms with Crippen LogP contribution in [0.15, 0.2) is 65.8 Å².